The Labute approximate surface area is 234 Å². The predicted octanol–water partition coefficient (Wildman–Crippen LogP) is -9.28. The number of hydrogen-bond acceptors (Lipinski definition) is 8. The molecule has 8 nitrogen and oxygen atoms in total. The Morgan fingerprint density at radius 2 is 1.18 bits per heavy atom. The van der Waals surface area contributed by atoms with Gasteiger partial charge in [0, 0.05) is 6.61 Å². The summed E-state index contributed by atoms with van der Waals surface area (Å²) in [5.74, 6) is -4.38. The normalized spacial score (nSPS) is 12.6. The van der Waals surface area contributed by atoms with Crippen molar-refractivity contribution in [2.45, 2.75) is 82.5 Å². The number of carbonyl (C=O) groups is 2. The maximum absolute atomic E-state index is 10.9. The monoisotopic (exact) mass is 448 g/mol. The zero-order valence-corrected chi connectivity index (χ0v) is 24.4. The molecule has 148 valence electrons. The molecule has 0 aromatic heterocycles. The van der Waals surface area contributed by atoms with E-state index in [0.29, 0.717) is 6.42 Å². The van der Waals surface area contributed by atoms with E-state index in [9.17, 15) is 32.8 Å². The van der Waals surface area contributed by atoms with Gasteiger partial charge in [-0.05, 0) is 6.42 Å². The Hall–Kier alpha value is 1.81. The van der Waals surface area contributed by atoms with Crippen molar-refractivity contribution in [2.75, 3.05) is 6.61 Å². The topological polar surface area (TPSA) is 147 Å². The average Bonchev–Trinajstić information content (AvgIpc) is 2.49. The first-order valence-electron chi connectivity index (χ1n) is 8.69. The van der Waals surface area contributed by atoms with Crippen LogP contribution in [0.4, 0.5) is 0 Å². The molecule has 0 N–H and O–H groups in total. The van der Waals surface area contributed by atoms with Crippen LogP contribution >= 0.6 is 0 Å². The van der Waals surface area contributed by atoms with Crippen molar-refractivity contribution in [2.24, 2.45) is 0 Å². The van der Waals surface area contributed by atoms with Gasteiger partial charge in [-0.25, -0.2) is 8.42 Å². The van der Waals surface area contributed by atoms with Crippen molar-refractivity contribution in [1.82, 2.24) is 0 Å². The quantitative estimate of drug-likeness (QED) is 0.128. The first-order valence-corrected chi connectivity index (χ1v) is 10.2. The maximum atomic E-state index is 10.9. The molecule has 0 saturated carbocycles. The van der Waals surface area contributed by atoms with Crippen LogP contribution in [0.1, 0.15) is 71.1 Å². The van der Waals surface area contributed by atoms with E-state index in [-0.39, 0.29) is 95.3 Å². The zero-order chi connectivity index (χ0) is 19.3. The van der Waals surface area contributed by atoms with Gasteiger partial charge in [-0.15, -0.1) is 0 Å². The van der Waals surface area contributed by atoms with Crippen molar-refractivity contribution in [1.29, 1.82) is 0 Å². The maximum Gasteiger partial charge on any atom is 1.00 e. The molecular formula is C16H27Na3O8S. The fraction of sp³-hybridized carbons (Fsp3) is 0.875. The molecule has 0 saturated heterocycles. The number of hydrogen-bond donors (Lipinski definition) is 0. The van der Waals surface area contributed by atoms with Crippen molar-refractivity contribution >= 4 is 22.1 Å². The van der Waals surface area contributed by atoms with Gasteiger partial charge in [-0.2, -0.15) is 0 Å². The van der Waals surface area contributed by atoms with Crippen LogP contribution in [0, 0.1) is 0 Å². The number of rotatable bonds is 16. The first-order chi connectivity index (χ1) is 11.7. The summed E-state index contributed by atoms with van der Waals surface area (Å²) in [6.07, 6.45) is 7.96. The van der Waals surface area contributed by atoms with Crippen molar-refractivity contribution in [3.63, 3.8) is 0 Å². The van der Waals surface area contributed by atoms with E-state index in [0.717, 1.165) is 25.7 Å². The van der Waals surface area contributed by atoms with Crippen LogP contribution in [-0.2, 0) is 24.4 Å². The summed E-state index contributed by atoms with van der Waals surface area (Å²) in [4.78, 5) is 21.6. The smallest absolute Gasteiger partial charge is 0.747 e. The van der Waals surface area contributed by atoms with Crippen LogP contribution in [0.25, 0.3) is 0 Å². The third-order valence-electron chi connectivity index (χ3n) is 3.85. The van der Waals surface area contributed by atoms with Crippen molar-refractivity contribution in [3.8, 4) is 0 Å². The molecule has 0 heterocycles. The summed E-state index contributed by atoms with van der Waals surface area (Å²) in [6.45, 7) is 1.99. The fourth-order valence-electron chi connectivity index (χ4n) is 2.47. The van der Waals surface area contributed by atoms with Crippen LogP contribution in [-0.4, -0.2) is 42.9 Å². The number of ether oxygens (including phenoxy) is 1. The minimum Gasteiger partial charge on any atom is -0.747 e. The third-order valence-corrected chi connectivity index (χ3v) is 4.91. The first kappa shape index (κ1) is 37.1. The van der Waals surface area contributed by atoms with E-state index in [1.54, 1.807) is 0 Å². The summed E-state index contributed by atoms with van der Waals surface area (Å²) >= 11 is 0. The summed E-state index contributed by atoms with van der Waals surface area (Å²) in [5.41, 5.74) is 0. The summed E-state index contributed by atoms with van der Waals surface area (Å²) in [7, 11) is -5.43. The van der Waals surface area contributed by atoms with Gasteiger partial charge in [0.2, 0.25) is 0 Å². The van der Waals surface area contributed by atoms with Crippen LogP contribution in [0.15, 0.2) is 0 Å². The average molecular weight is 448 g/mol. The van der Waals surface area contributed by atoms with Crippen LogP contribution < -0.4 is 98.9 Å². The molecule has 0 spiro atoms. The summed E-state index contributed by atoms with van der Waals surface area (Å²) in [5, 5.41) is 18.8. The molecule has 2 unspecified atom stereocenters. The fourth-order valence-corrected chi connectivity index (χ4v) is 3.20. The van der Waals surface area contributed by atoms with Gasteiger partial charge in [0.25, 0.3) is 0 Å². The van der Waals surface area contributed by atoms with E-state index >= 15 is 0 Å². The van der Waals surface area contributed by atoms with Gasteiger partial charge in [0.15, 0.2) is 0 Å². The van der Waals surface area contributed by atoms with Crippen LogP contribution in [0.5, 0.6) is 0 Å². The minimum atomic E-state index is -5.43. The molecular weight excluding hydrogens is 421 g/mol. The Balaban J connectivity index is -0.000000960. The van der Waals surface area contributed by atoms with Gasteiger partial charge in [0.1, 0.15) is 21.5 Å². The van der Waals surface area contributed by atoms with E-state index in [1.165, 1.54) is 32.1 Å². The molecule has 0 aromatic rings. The van der Waals surface area contributed by atoms with Crippen molar-refractivity contribution in [3.05, 3.63) is 0 Å². The largest absolute Gasteiger partial charge is 1.00 e. The molecule has 0 radical (unpaired) electrons. The molecule has 0 aliphatic rings. The van der Waals surface area contributed by atoms with E-state index in [1.807, 2.05) is 0 Å². The molecule has 0 aromatic carbocycles. The zero-order valence-electron chi connectivity index (χ0n) is 17.6. The number of carbonyl (C=O) groups excluding carboxylic acids is 2. The Kier molecular flexibility index (Phi) is 29.2. The van der Waals surface area contributed by atoms with E-state index < -0.39 is 33.4 Å². The molecule has 12 heteroatoms. The number of carboxylic acid groups (broad SMARTS) is 2. The molecule has 0 amide bonds. The molecule has 28 heavy (non-hydrogen) atoms. The predicted molar refractivity (Wildman–Crippen MR) is 85.1 cm³/mol. The second-order valence-corrected chi connectivity index (χ2v) is 7.52. The molecule has 2 atom stereocenters. The SMILES string of the molecule is CCCCCCCCCCCCOC(C(=O)[O-])C(C(=O)[O-])S(=O)(=O)[O-].[Na+].[Na+].[Na+]. The van der Waals surface area contributed by atoms with Gasteiger partial charge >= 0.3 is 88.7 Å². The summed E-state index contributed by atoms with van der Waals surface area (Å²) < 4.78 is 37.4. The van der Waals surface area contributed by atoms with Crippen LogP contribution in [0.3, 0.4) is 0 Å². The third kappa shape index (κ3) is 18.6. The standard InChI is InChI=1S/C16H30O8S.3Na/c1-2-3-4-5-6-7-8-9-10-11-12-24-13(15(17)18)14(16(19)20)25(21,22)23;;;/h13-14H,2-12H2,1H3,(H,17,18)(H,19,20)(H,21,22,23);;;/q;3*+1/p-3. The number of unbranched alkanes of at least 4 members (excludes halogenated alkanes) is 9. The Morgan fingerprint density at radius 1 is 0.786 bits per heavy atom. The molecule has 0 aliphatic carbocycles. The number of aliphatic carboxylic acids is 2. The van der Waals surface area contributed by atoms with Crippen LogP contribution in [0.2, 0.25) is 0 Å². The second-order valence-electron chi connectivity index (χ2n) is 6.02. The van der Waals surface area contributed by atoms with E-state index in [4.69, 9.17) is 4.74 Å². The molecule has 0 fully saturated rings. The molecule has 0 rings (SSSR count). The van der Waals surface area contributed by atoms with Gasteiger partial charge < -0.3 is 29.1 Å². The molecule has 0 aliphatic heterocycles. The molecule has 0 bridgehead atoms. The van der Waals surface area contributed by atoms with E-state index in [2.05, 4.69) is 6.92 Å². The summed E-state index contributed by atoms with van der Waals surface area (Å²) in [6, 6.07) is 0. The van der Waals surface area contributed by atoms with Gasteiger partial charge in [0.05, 0.1) is 11.9 Å². The van der Waals surface area contributed by atoms with Gasteiger partial charge in [-0.3, -0.25) is 0 Å². The van der Waals surface area contributed by atoms with Gasteiger partial charge in [-0.1, -0.05) is 64.7 Å². The Morgan fingerprint density at radius 3 is 1.50 bits per heavy atom. The Bertz CT molecular complexity index is 502. The second kappa shape index (κ2) is 22.0. The number of carboxylic acids is 2. The minimum absolute atomic E-state index is 0. The van der Waals surface area contributed by atoms with Crippen molar-refractivity contribution < 1.29 is 126 Å².